The van der Waals surface area contributed by atoms with Gasteiger partial charge in [-0.3, -0.25) is 14.2 Å². The second-order valence-corrected chi connectivity index (χ2v) is 10.1. The zero-order chi connectivity index (χ0) is 26.1. The van der Waals surface area contributed by atoms with Gasteiger partial charge < -0.3 is 14.6 Å². The molecule has 1 aliphatic rings. The highest BCUT2D eigenvalue weighted by Gasteiger charge is 2.32. The van der Waals surface area contributed by atoms with Gasteiger partial charge in [0.1, 0.15) is 11.9 Å². The molecule has 0 radical (unpaired) electrons. The van der Waals surface area contributed by atoms with E-state index in [9.17, 15) is 23.1 Å². The maximum atomic E-state index is 13.4. The Labute approximate surface area is 203 Å². The molecule has 1 aliphatic heterocycles. The molecular formula is C25H34F3N3O4. The zero-order valence-corrected chi connectivity index (χ0v) is 21.0. The van der Waals surface area contributed by atoms with Crippen molar-refractivity contribution in [3.05, 3.63) is 46.6 Å². The summed E-state index contributed by atoms with van der Waals surface area (Å²) in [6.45, 7) is 10.3. The second-order valence-electron chi connectivity index (χ2n) is 10.1. The molecule has 3 atom stereocenters. The van der Waals surface area contributed by atoms with Gasteiger partial charge in [0.05, 0.1) is 29.9 Å². The third-order valence-electron chi connectivity index (χ3n) is 6.16. The lowest BCUT2D eigenvalue weighted by atomic mass is 9.92. The summed E-state index contributed by atoms with van der Waals surface area (Å²) in [4.78, 5) is 17.5. The Kier molecular flexibility index (Phi) is 7.86. The molecule has 2 aromatic rings. The van der Waals surface area contributed by atoms with Crippen LogP contribution in [-0.2, 0) is 29.9 Å². The lowest BCUT2D eigenvalue weighted by Gasteiger charge is -2.21. The molecule has 0 unspecified atom stereocenters. The molecule has 7 nitrogen and oxygen atoms in total. The molecular weight excluding hydrogens is 463 g/mol. The normalized spacial score (nSPS) is 19.1. The van der Waals surface area contributed by atoms with Crippen molar-refractivity contribution in [2.75, 3.05) is 6.61 Å². The highest BCUT2D eigenvalue weighted by atomic mass is 19.4. The molecule has 194 valence electrons. The zero-order valence-electron chi connectivity index (χ0n) is 21.0. The number of rotatable bonds is 6. The topological polar surface area (TPSA) is 78.0 Å². The average Bonchev–Trinajstić information content (AvgIpc) is 3.36. The van der Waals surface area contributed by atoms with Crippen LogP contribution in [0, 0.1) is 0 Å². The summed E-state index contributed by atoms with van der Waals surface area (Å²) in [6.07, 6.45) is -4.50. The van der Waals surface area contributed by atoms with E-state index in [0.717, 1.165) is 36.7 Å². The Morgan fingerprint density at radius 2 is 1.94 bits per heavy atom. The highest BCUT2D eigenvalue weighted by Crippen LogP contribution is 2.33. The third kappa shape index (κ3) is 6.35. The average molecular weight is 498 g/mol. The maximum Gasteiger partial charge on any atom is 0.416 e. The van der Waals surface area contributed by atoms with E-state index >= 15 is 0 Å². The number of aromatic nitrogens is 2. The van der Waals surface area contributed by atoms with Gasteiger partial charge >= 0.3 is 6.18 Å². The first-order valence-electron chi connectivity index (χ1n) is 11.7. The Hall–Kier alpha value is -2.59. The Morgan fingerprint density at radius 3 is 2.49 bits per heavy atom. The van der Waals surface area contributed by atoms with E-state index in [1.165, 1.54) is 6.92 Å². The number of hydrogen-bond acceptors (Lipinski definition) is 4. The van der Waals surface area contributed by atoms with Gasteiger partial charge in [0.15, 0.2) is 5.49 Å². The number of carbonyl (C=O) groups excluding carboxylic acids is 1. The largest absolute Gasteiger partial charge is 0.487 e. The van der Waals surface area contributed by atoms with Crippen LogP contribution in [-0.4, -0.2) is 45.3 Å². The smallest absolute Gasteiger partial charge is 0.416 e. The number of carbonyl (C=O) groups is 1. The minimum absolute atomic E-state index is 0.0372. The van der Waals surface area contributed by atoms with E-state index in [-0.39, 0.29) is 22.8 Å². The van der Waals surface area contributed by atoms with Crippen LogP contribution in [0.3, 0.4) is 0 Å². The van der Waals surface area contributed by atoms with Gasteiger partial charge in [0.2, 0.25) is 0 Å². The predicted octanol–water partition coefficient (Wildman–Crippen LogP) is 4.21. The molecule has 1 amide bonds. The van der Waals surface area contributed by atoms with Crippen LogP contribution in [0.25, 0.3) is 0 Å². The van der Waals surface area contributed by atoms with Gasteiger partial charge in [-0.25, -0.2) is 0 Å². The number of nitrogens with zero attached hydrogens (tertiary/aromatic N) is 3. The Balaban J connectivity index is 2.12. The quantitative estimate of drug-likeness (QED) is 0.649. The van der Waals surface area contributed by atoms with Crippen molar-refractivity contribution in [1.29, 1.82) is 0 Å². The number of aliphatic hydroxyl groups excluding tert-OH is 1. The molecule has 0 aliphatic carbocycles. The van der Waals surface area contributed by atoms with Crippen molar-refractivity contribution in [2.45, 2.75) is 83.9 Å². The van der Waals surface area contributed by atoms with E-state index < -0.39 is 29.9 Å². The van der Waals surface area contributed by atoms with Crippen LogP contribution < -0.4 is 10.2 Å². The van der Waals surface area contributed by atoms with E-state index in [0.29, 0.717) is 18.6 Å². The van der Waals surface area contributed by atoms with Crippen LogP contribution in [0.1, 0.15) is 69.1 Å². The van der Waals surface area contributed by atoms with Crippen LogP contribution in [0.15, 0.2) is 29.3 Å². The van der Waals surface area contributed by atoms with Crippen molar-refractivity contribution < 1.29 is 32.5 Å². The fourth-order valence-electron chi connectivity index (χ4n) is 4.00. The van der Waals surface area contributed by atoms with Crippen LogP contribution in [0.4, 0.5) is 13.2 Å². The number of amides is 1. The SMILES string of the molecule is C[C@@H](O)[C@@H](C)Oc1ccc(C(F)(F)F)cc1C(=O)/N=c1\cc(C(C)(C)C)n(C)n1C[C@H]1CCCO1. The first-order chi connectivity index (χ1) is 16.2. The van der Waals surface area contributed by atoms with Crippen molar-refractivity contribution in [3.8, 4) is 5.75 Å². The molecule has 0 bridgehead atoms. The summed E-state index contributed by atoms with van der Waals surface area (Å²) in [5, 5.41) is 9.78. The predicted molar refractivity (Wildman–Crippen MR) is 124 cm³/mol. The second kappa shape index (κ2) is 10.2. The summed E-state index contributed by atoms with van der Waals surface area (Å²) >= 11 is 0. The lowest BCUT2D eigenvalue weighted by Crippen LogP contribution is -2.30. The summed E-state index contributed by atoms with van der Waals surface area (Å²) in [6, 6.07) is 4.46. The number of aliphatic hydroxyl groups is 1. The number of benzene rings is 1. The van der Waals surface area contributed by atoms with E-state index in [1.807, 2.05) is 37.2 Å². The molecule has 1 fully saturated rings. The summed E-state index contributed by atoms with van der Waals surface area (Å²) in [5.74, 6) is -0.936. The molecule has 3 rings (SSSR count). The molecule has 35 heavy (non-hydrogen) atoms. The molecule has 1 aromatic heterocycles. The van der Waals surface area contributed by atoms with Crippen LogP contribution in [0.2, 0.25) is 0 Å². The number of alkyl halides is 3. The fraction of sp³-hybridized carbons (Fsp3) is 0.600. The molecule has 0 spiro atoms. The van der Waals surface area contributed by atoms with E-state index in [4.69, 9.17) is 9.47 Å². The molecule has 10 heteroatoms. The maximum absolute atomic E-state index is 13.4. The number of halogens is 3. The van der Waals surface area contributed by atoms with Crippen molar-refractivity contribution in [2.24, 2.45) is 12.0 Å². The minimum Gasteiger partial charge on any atom is -0.487 e. The fourth-order valence-corrected chi connectivity index (χ4v) is 4.00. The molecule has 1 aromatic carbocycles. The summed E-state index contributed by atoms with van der Waals surface area (Å²) < 4.78 is 55.4. The minimum atomic E-state index is -4.64. The molecule has 1 N–H and O–H groups in total. The first-order valence-corrected chi connectivity index (χ1v) is 11.7. The molecule has 0 saturated carbocycles. The summed E-state index contributed by atoms with van der Waals surface area (Å²) in [7, 11) is 1.86. The highest BCUT2D eigenvalue weighted by molar-refractivity contribution is 5.97. The Bertz CT molecular complexity index is 1120. The lowest BCUT2D eigenvalue weighted by molar-refractivity contribution is -0.137. The van der Waals surface area contributed by atoms with Gasteiger partial charge in [-0.2, -0.15) is 18.2 Å². The standard InChI is InChI=1S/C25H34F3N3O4/c1-15(32)16(2)35-20-10-9-17(25(26,27)28)12-19(20)23(33)29-22-13-21(24(3,4)5)30(6)31(22)14-18-8-7-11-34-18/h9-10,12-13,15-16,18,32H,7-8,11,14H2,1-6H3/b29-22+/t15-,16-,18-/m1/s1. The monoisotopic (exact) mass is 497 g/mol. The van der Waals surface area contributed by atoms with Crippen LogP contribution >= 0.6 is 0 Å². The number of ether oxygens (including phenoxy) is 2. The molecule has 1 saturated heterocycles. The van der Waals surface area contributed by atoms with Gasteiger partial charge in [0.25, 0.3) is 5.91 Å². The van der Waals surface area contributed by atoms with Crippen molar-refractivity contribution in [1.82, 2.24) is 9.36 Å². The van der Waals surface area contributed by atoms with Gasteiger partial charge in [-0.05, 0) is 44.9 Å². The summed E-state index contributed by atoms with van der Waals surface area (Å²) in [5.41, 5.74) is -0.336. The van der Waals surface area contributed by atoms with Crippen LogP contribution in [0.5, 0.6) is 5.75 Å². The van der Waals surface area contributed by atoms with Gasteiger partial charge in [0, 0.05) is 30.8 Å². The Morgan fingerprint density at radius 1 is 1.26 bits per heavy atom. The van der Waals surface area contributed by atoms with E-state index in [2.05, 4.69) is 4.99 Å². The van der Waals surface area contributed by atoms with Gasteiger partial charge in [-0.1, -0.05) is 20.8 Å². The first kappa shape index (κ1) is 27.0. The van der Waals surface area contributed by atoms with Crippen molar-refractivity contribution >= 4 is 5.91 Å². The van der Waals surface area contributed by atoms with Crippen molar-refractivity contribution in [3.63, 3.8) is 0 Å². The number of hydrogen-bond donors (Lipinski definition) is 1. The van der Waals surface area contributed by atoms with Gasteiger partial charge in [-0.15, -0.1) is 0 Å². The van der Waals surface area contributed by atoms with E-state index in [1.54, 1.807) is 13.0 Å². The molecule has 2 heterocycles. The third-order valence-corrected chi connectivity index (χ3v) is 6.16.